The molecule has 0 aliphatic heterocycles. The Morgan fingerprint density at radius 1 is 1.67 bits per heavy atom. The third-order valence-corrected chi connectivity index (χ3v) is 3.23. The molecule has 12 heavy (non-hydrogen) atoms. The highest BCUT2D eigenvalue weighted by molar-refractivity contribution is 5.54. The van der Waals surface area contributed by atoms with Crippen molar-refractivity contribution in [1.82, 2.24) is 5.32 Å². The Labute approximate surface area is 74.7 Å². The molecule has 0 aromatic heterocycles. The SMILES string of the molecule is CCC1(CNC)CCC(C=O)C1. The van der Waals surface area contributed by atoms with Crippen LogP contribution in [0.1, 0.15) is 32.6 Å². The Bertz CT molecular complexity index is 158. The minimum absolute atomic E-state index is 0.332. The fourth-order valence-corrected chi connectivity index (χ4v) is 2.35. The molecule has 1 rings (SSSR count). The van der Waals surface area contributed by atoms with Gasteiger partial charge in [0.15, 0.2) is 0 Å². The maximum Gasteiger partial charge on any atom is 0.123 e. The third kappa shape index (κ3) is 1.86. The summed E-state index contributed by atoms with van der Waals surface area (Å²) in [6, 6.07) is 0. The van der Waals surface area contributed by atoms with Crippen LogP contribution in [0.25, 0.3) is 0 Å². The van der Waals surface area contributed by atoms with Crippen LogP contribution in [0.15, 0.2) is 0 Å². The van der Waals surface area contributed by atoms with Crippen LogP contribution in [0.4, 0.5) is 0 Å². The van der Waals surface area contributed by atoms with E-state index in [4.69, 9.17) is 0 Å². The monoisotopic (exact) mass is 169 g/mol. The van der Waals surface area contributed by atoms with E-state index in [9.17, 15) is 4.79 Å². The summed E-state index contributed by atoms with van der Waals surface area (Å²) in [6.07, 6.45) is 5.73. The highest BCUT2D eigenvalue weighted by Gasteiger charge is 2.36. The topological polar surface area (TPSA) is 29.1 Å². The summed E-state index contributed by atoms with van der Waals surface area (Å²) in [6.45, 7) is 3.29. The maximum absolute atomic E-state index is 10.6. The second-order valence-electron chi connectivity index (χ2n) is 4.02. The lowest BCUT2D eigenvalue weighted by Crippen LogP contribution is -2.29. The highest BCUT2D eigenvalue weighted by atomic mass is 16.1. The normalized spacial score (nSPS) is 35.3. The molecule has 1 N–H and O–H groups in total. The van der Waals surface area contributed by atoms with Crippen LogP contribution >= 0.6 is 0 Å². The second kappa shape index (κ2) is 4.04. The zero-order valence-electron chi connectivity index (χ0n) is 8.10. The van der Waals surface area contributed by atoms with Crippen molar-refractivity contribution >= 4 is 6.29 Å². The first-order valence-corrected chi connectivity index (χ1v) is 4.86. The highest BCUT2D eigenvalue weighted by Crippen LogP contribution is 2.42. The first kappa shape index (κ1) is 9.72. The van der Waals surface area contributed by atoms with Gasteiger partial charge in [-0.25, -0.2) is 0 Å². The molecule has 0 saturated heterocycles. The molecule has 0 aromatic rings. The van der Waals surface area contributed by atoms with Crippen LogP contribution in [0, 0.1) is 11.3 Å². The number of hydrogen-bond donors (Lipinski definition) is 1. The van der Waals surface area contributed by atoms with Crippen LogP contribution < -0.4 is 5.32 Å². The van der Waals surface area contributed by atoms with E-state index in [1.165, 1.54) is 12.8 Å². The van der Waals surface area contributed by atoms with Crippen LogP contribution in [0.5, 0.6) is 0 Å². The smallest absolute Gasteiger partial charge is 0.123 e. The van der Waals surface area contributed by atoms with Gasteiger partial charge in [-0.15, -0.1) is 0 Å². The van der Waals surface area contributed by atoms with Gasteiger partial charge in [0.25, 0.3) is 0 Å². The Kier molecular flexibility index (Phi) is 3.27. The summed E-state index contributed by atoms with van der Waals surface area (Å²) < 4.78 is 0. The standard InChI is InChI=1S/C10H19NO/c1-3-10(8-11-2)5-4-9(6-10)7-12/h7,9,11H,3-6,8H2,1-2H3. The van der Waals surface area contributed by atoms with Gasteiger partial charge in [0.2, 0.25) is 0 Å². The Morgan fingerprint density at radius 3 is 2.83 bits per heavy atom. The van der Waals surface area contributed by atoms with E-state index in [0.29, 0.717) is 11.3 Å². The van der Waals surface area contributed by atoms with E-state index in [1.807, 2.05) is 7.05 Å². The first-order chi connectivity index (χ1) is 5.76. The molecular weight excluding hydrogens is 150 g/mol. The van der Waals surface area contributed by atoms with Crippen molar-refractivity contribution in [2.75, 3.05) is 13.6 Å². The quantitative estimate of drug-likeness (QED) is 0.648. The minimum atomic E-state index is 0.332. The third-order valence-electron chi connectivity index (χ3n) is 3.23. The first-order valence-electron chi connectivity index (χ1n) is 4.86. The fourth-order valence-electron chi connectivity index (χ4n) is 2.35. The number of hydrogen-bond acceptors (Lipinski definition) is 2. The molecule has 2 unspecified atom stereocenters. The zero-order valence-corrected chi connectivity index (χ0v) is 8.10. The van der Waals surface area contributed by atoms with Gasteiger partial charge in [0, 0.05) is 12.5 Å². The van der Waals surface area contributed by atoms with Crippen molar-refractivity contribution < 1.29 is 4.79 Å². The van der Waals surface area contributed by atoms with Crippen LogP contribution in [0.3, 0.4) is 0 Å². The number of aldehydes is 1. The molecule has 1 saturated carbocycles. The predicted octanol–water partition coefficient (Wildman–Crippen LogP) is 1.60. The van der Waals surface area contributed by atoms with Gasteiger partial charge in [-0.2, -0.15) is 0 Å². The van der Waals surface area contributed by atoms with E-state index in [2.05, 4.69) is 12.2 Å². The van der Waals surface area contributed by atoms with Gasteiger partial charge in [-0.3, -0.25) is 0 Å². The van der Waals surface area contributed by atoms with Crippen molar-refractivity contribution in [3.05, 3.63) is 0 Å². The summed E-state index contributed by atoms with van der Waals surface area (Å²) >= 11 is 0. The van der Waals surface area contributed by atoms with Gasteiger partial charge in [-0.05, 0) is 38.1 Å². The van der Waals surface area contributed by atoms with Crippen molar-refractivity contribution in [2.24, 2.45) is 11.3 Å². The maximum atomic E-state index is 10.6. The minimum Gasteiger partial charge on any atom is -0.319 e. The average Bonchev–Trinajstić information content (AvgIpc) is 2.50. The molecule has 0 radical (unpaired) electrons. The number of carbonyl (C=O) groups excluding carboxylic acids is 1. The molecule has 0 amide bonds. The number of nitrogens with one attached hydrogen (secondary N) is 1. The van der Waals surface area contributed by atoms with Gasteiger partial charge in [0.05, 0.1) is 0 Å². The van der Waals surface area contributed by atoms with E-state index in [0.717, 1.165) is 25.7 Å². The Hall–Kier alpha value is -0.370. The zero-order chi connectivity index (χ0) is 9.03. The molecule has 0 bridgehead atoms. The van der Waals surface area contributed by atoms with Gasteiger partial charge in [-0.1, -0.05) is 6.92 Å². The van der Waals surface area contributed by atoms with E-state index < -0.39 is 0 Å². The molecule has 0 heterocycles. The van der Waals surface area contributed by atoms with Gasteiger partial charge >= 0.3 is 0 Å². The van der Waals surface area contributed by atoms with Crippen LogP contribution in [-0.2, 0) is 4.79 Å². The lowest BCUT2D eigenvalue weighted by Gasteiger charge is -2.27. The molecule has 1 aliphatic rings. The largest absolute Gasteiger partial charge is 0.319 e. The van der Waals surface area contributed by atoms with Crippen molar-refractivity contribution in [2.45, 2.75) is 32.6 Å². The summed E-state index contributed by atoms with van der Waals surface area (Å²) in [5.74, 6) is 0.332. The predicted molar refractivity (Wildman–Crippen MR) is 50.1 cm³/mol. The molecule has 0 aromatic carbocycles. The van der Waals surface area contributed by atoms with Gasteiger partial charge in [0.1, 0.15) is 6.29 Å². The van der Waals surface area contributed by atoms with Crippen molar-refractivity contribution in [3.8, 4) is 0 Å². The summed E-state index contributed by atoms with van der Waals surface area (Å²) in [5.41, 5.74) is 0.417. The molecule has 1 fully saturated rings. The number of carbonyl (C=O) groups is 1. The van der Waals surface area contributed by atoms with Crippen molar-refractivity contribution in [3.63, 3.8) is 0 Å². The van der Waals surface area contributed by atoms with Crippen LogP contribution in [-0.4, -0.2) is 19.9 Å². The molecule has 2 heteroatoms. The summed E-state index contributed by atoms with van der Waals surface area (Å²) in [5, 5.41) is 3.23. The summed E-state index contributed by atoms with van der Waals surface area (Å²) in [7, 11) is 1.99. The summed E-state index contributed by atoms with van der Waals surface area (Å²) in [4.78, 5) is 10.6. The lowest BCUT2D eigenvalue weighted by atomic mass is 9.82. The molecule has 0 spiro atoms. The average molecular weight is 169 g/mol. The van der Waals surface area contributed by atoms with E-state index in [1.54, 1.807) is 0 Å². The Balaban J connectivity index is 2.52. The molecular formula is C10H19NO. The fraction of sp³-hybridized carbons (Fsp3) is 0.900. The number of rotatable bonds is 4. The molecule has 70 valence electrons. The van der Waals surface area contributed by atoms with Crippen LogP contribution in [0.2, 0.25) is 0 Å². The van der Waals surface area contributed by atoms with Gasteiger partial charge < -0.3 is 10.1 Å². The lowest BCUT2D eigenvalue weighted by molar-refractivity contribution is -0.111. The van der Waals surface area contributed by atoms with E-state index in [-0.39, 0.29) is 0 Å². The second-order valence-corrected chi connectivity index (χ2v) is 4.02. The van der Waals surface area contributed by atoms with Crippen molar-refractivity contribution in [1.29, 1.82) is 0 Å². The molecule has 2 nitrogen and oxygen atoms in total. The molecule has 1 aliphatic carbocycles. The molecule has 2 atom stereocenters. The van der Waals surface area contributed by atoms with E-state index >= 15 is 0 Å². The Morgan fingerprint density at radius 2 is 2.42 bits per heavy atom.